The largest absolute Gasteiger partial charge is 0.370 e. The van der Waals surface area contributed by atoms with E-state index in [0.29, 0.717) is 0 Å². The van der Waals surface area contributed by atoms with Gasteiger partial charge < -0.3 is 4.90 Å². The maximum atomic E-state index is 12.3. The van der Waals surface area contributed by atoms with Crippen LogP contribution in [0.2, 0.25) is 0 Å². The highest BCUT2D eigenvalue weighted by Crippen LogP contribution is 2.24. The van der Waals surface area contributed by atoms with Gasteiger partial charge >= 0.3 is 0 Å². The van der Waals surface area contributed by atoms with Gasteiger partial charge in [-0.1, -0.05) is 60.7 Å². The summed E-state index contributed by atoms with van der Waals surface area (Å²) in [6.45, 7) is 1.91. The molecule has 1 heterocycles. The second-order valence-electron chi connectivity index (χ2n) is 5.38. The Labute approximate surface area is 125 Å². The number of nitrogens with zero attached hydrogens (tertiary/aromatic N) is 1. The second kappa shape index (κ2) is 6.40. The first-order valence-electron chi connectivity index (χ1n) is 7.42. The van der Waals surface area contributed by atoms with Gasteiger partial charge in [-0.3, -0.25) is 4.79 Å². The third-order valence-electron chi connectivity index (χ3n) is 3.84. The van der Waals surface area contributed by atoms with Crippen LogP contribution in [0.1, 0.15) is 28.8 Å². The van der Waals surface area contributed by atoms with Crippen LogP contribution in [0.15, 0.2) is 72.4 Å². The average Bonchev–Trinajstić information content (AvgIpc) is 2.96. The van der Waals surface area contributed by atoms with Crippen molar-refractivity contribution < 1.29 is 4.79 Å². The maximum absolute atomic E-state index is 12.3. The van der Waals surface area contributed by atoms with Gasteiger partial charge in [-0.25, -0.2) is 0 Å². The fraction of sp³-hybridized carbons (Fsp3) is 0.211. The van der Waals surface area contributed by atoms with E-state index in [9.17, 15) is 4.79 Å². The maximum Gasteiger partial charge on any atom is 0.187 e. The molecule has 0 atom stereocenters. The highest BCUT2D eigenvalue weighted by atomic mass is 16.1. The zero-order chi connectivity index (χ0) is 14.5. The summed E-state index contributed by atoms with van der Waals surface area (Å²) in [7, 11) is 0. The van der Waals surface area contributed by atoms with Gasteiger partial charge in [-0.15, -0.1) is 0 Å². The van der Waals surface area contributed by atoms with Gasteiger partial charge in [0.15, 0.2) is 5.78 Å². The van der Waals surface area contributed by atoms with Gasteiger partial charge in [0.1, 0.15) is 0 Å². The topological polar surface area (TPSA) is 20.3 Å². The summed E-state index contributed by atoms with van der Waals surface area (Å²) >= 11 is 0. The van der Waals surface area contributed by atoms with Crippen LogP contribution in [0.5, 0.6) is 0 Å². The van der Waals surface area contributed by atoms with Gasteiger partial charge in [0, 0.05) is 30.4 Å². The molecule has 3 rings (SSSR count). The lowest BCUT2D eigenvalue weighted by Crippen LogP contribution is -2.18. The molecule has 0 N–H and O–H groups in total. The van der Waals surface area contributed by atoms with E-state index < -0.39 is 0 Å². The molecule has 1 saturated heterocycles. The Kier molecular flexibility index (Phi) is 4.15. The summed E-state index contributed by atoms with van der Waals surface area (Å²) in [6, 6.07) is 19.9. The molecule has 0 radical (unpaired) electrons. The molecule has 2 nitrogen and oxygen atoms in total. The third-order valence-corrected chi connectivity index (χ3v) is 3.84. The lowest BCUT2D eigenvalue weighted by atomic mass is 10.1. The molecule has 0 aliphatic carbocycles. The number of carbonyl (C=O) groups is 1. The van der Waals surface area contributed by atoms with Crippen LogP contribution < -0.4 is 0 Å². The molecule has 1 aliphatic rings. The van der Waals surface area contributed by atoms with Crippen molar-refractivity contribution in [3.8, 4) is 0 Å². The predicted molar refractivity (Wildman–Crippen MR) is 84.9 cm³/mol. The number of hydrogen-bond donors (Lipinski definition) is 0. The van der Waals surface area contributed by atoms with Crippen LogP contribution >= 0.6 is 0 Å². The molecule has 1 fully saturated rings. The van der Waals surface area contributed by atoms with Gasteiger partial charge in [0.2, 0.25) is 0 Å². The van der Waals surface area contributed by atoms with E-state index >= 15 is 0 Å². The Morgan fingerprint density at radius 1 is 1.00 bits per heavy atom. The number of benzene rings is 2. The van der Waals surface area contributed by atoms with Gasteiger partial charge in [-0.2, -0.15) is 0 Å². The molecule has 2 aromatic rings. The van der Waals surface area contributed by atoms with E-state index in [-0.39, 0.29) is 5.78 Å². The quantitative estimate of drug-likeness (QED) is 0.620. The monoisotopic (exact) mass is 277 g/mol. The number of hydrogen-bond acceptors (Lipinski definition) is 2. The molecule has 0 aromatic heterocycles. The van der Waals surface area contributed by atoms with E-state index in [0.717, 1.165) is 37.2 Å². The highest BCUT2D eigenvalue weighted by molar-refractivity contribution is 6.04. The molecule has 0 saturated carbocycles. The molecule has 1 aliphatic heterocycles. The van der Waals surface area contributed by atoms with Crippen LogP contribution in [0.3, 0.4) is 0 Å². The summed E-state index contributed by atoms with van der Waals surface area (Å²) in [4.78, 5) is 14.6. The van der Waals surface area contributed by atoms with E-state index in [1.165, 1.54) is 5.56 Å². The fourth-order valence-corrected chi connectivity index (χ4v) is 2.74. The van der Waals surface area contributed by atoms with Crippen molar-refractivity contribution >= 4 is 5.78 Å². The summed E-state index contributed by atoms with van der Waals surface area (Å²) < 4.78 is 0. The van der Waals surface area contributed by atoms with Crippen LogP contribution in [-0.2, 0) is 6.54 Å². The molecular formula is C19H19NO. The minimum absolute atomic E-state index is 0.102. The standard InChI is InChI=1S/C19H19NO/c21-19(17-10-5-2-6-11-17)14-18-12-7-13-20(18)15-16-8-3-1-4-9-16/h1-6,8-11,14H,7,12-13,15H2/b18-14-. The first-order chi connectivity index (χ1) is 10.3. The van der Waals surface area contributed by atoms with Crippen molar-refractivity contribution in [2.45, 2.75) is 19.4 Å². The SMILES string of the molecule is O=C(/C=C1/CCCN1Cc1ccccc1)c1ccccc1. The molecule has 0 spiro atoms. The smallest absolute Gasteiger partial charge is 0.187 e. The van der Waals surface area contributed by atoms with Crippen molar-refractivity contribution in [2.24, 2.45) is 0 Å². The Bertz CT molecular complexity index is 631. The Balaban J connectivity index is 1.74. The summed E-state index contributed by atoms with van der Waals surface area (Å²) in [5.74, 6) is 0.102. The molecule has 0 unspecified atom stereocenters. The van der Waals surface area contributed by atoms with Crippen LogP contribution in [0, 0.1) is 0 Å². The van der Waals surface area contributed by atoms with Crippen LogP contribution in [0.25, 0.3) is 0 Å². The number of rotatable bonds is 4. The number of allylic oxidation sites excluding steroid dienone is 2. The van der Waals surface area contributed by atoms with Crippen molar-refractivity contribution in [1.82, 2.24) is 4.90 Å². The molecule has 2 heteroatoms. The van der Waals surface area contributed by atoms with Gasteiger partial charge in [0.25, 0.3) is 0 Å². The van der Waals surface area contributed by atoms with Crippen molar-refractivity contribution in [3.05, 3.63) is 83.6 Å². The molecule has 21 heavy (non-hydrogen) atoms. The van der Waals surface area contributed by atoms with Crippen LogP contribution in [0.4, 0.5) is 0 Å². The summed E-state index contributed by atoms with van der Waals surface area (Å²) in [6.07, 6.45) is 3.93. The fourth-order valence-electron chi connectivity index (χ4n) is 2.74. The second-order valence-corrected chi connectivity index (χ2v) is 5.38. The highest BCUT2D eigenvalue weighted by Gasteiger charge is 2.18. The van der Waals surface area contributed by atoms with Gasteiger partial charge in [0.05, 0.1) is 0 Å². The first-order valence-corrected chi connectivity index (χ1v) is 7.42. The van der Waals surface area contributed by atoms with Crippen LogP contribution in [-0.4, -0.2) is 17.2 Å². The lowest BCUT2D eigenvalue weighted by Gasteiger charge is -2.20. The van der Waals surface area contributed by atoms with Gasteiger partial charge in [-0.05, 0) is 18.4 Å². The molecule has 106 valence electrons. The zero-order valence-corrected chi connectivity index (χ0v) is 12.0. The van der Waals surface area contributed by atoms with E-state index in [1.807, 2.05) is 42.5 Å². The van der Waals surface area contributed by atoms with Crippen molar-refractivity contribution in [2.75, 3.05) is 6.54 Å². The van der Waals surface area contributed by atoms with E-state index in [2.05, 4.69) is 29.2 Å². The third kappa shape index (κ3) is 3.40. The minimum Gasteiger partial charge on any atom is -0.370 e. The Morgan fingerprint density at radius 2 is 1.67 bits per heavy atom. The minimum atomic E-state index is 0.102. The van der Waals surface area contributed by atoms with E-state index in [1.54, 1.807) is 0 Å². The predicted octanol–water partition coefficient (Wildman–Crippen LogP) is 4.05. The Hall–Kier alpha value is -2.35. The Morgan fingerprint density at radius 3 is 2.38 bits per heavy atom. The zero-order valence-electron chi connectivity index (χ0n) is 12.0. The normalized spacial score (nSPS) is 16.4. The average molecular weight is 277 g/mol. The van der Waals surface area contributed by atoms with Crippen molar-refractivity contribution in [1.29, 1.82) is 0 Å². The molecular weight excluding hydrogens is 258 g/mol. The van der Waals surface area contributed by atoms with Crippen molar-refractivity contribution in [3.63, 3.8) is 0 Å². The number of carbonyl (C=O) groups excluding carboxylic acids is 1. The first kappa shape index (κ1) is 13.6. The number of ketones is 1. The summed E-state index contributed by atoms with van der Waals surface area (Å²) in [5.41, 5.74) is 3.21. The molecule has 0 bridgehead atoms. The molecule has 2 aromatic carbocycles. The lowest BCUT2D eigenvalue weighted by molar-refractivity contribution is 0.104. The summed E-state index contributed by atoms with van der Waals surface area (Å²) in [5, 5.41) is 0. The number of likely N-dealkylation sites (tertiary alicyclic amines) is 1. The van der Waals surface area contributed by atoms with E-state index in [4.69, 9.17) is 0 Å². The molecule has 0 amide bonds.